The SMILES string of the molecule is CCO[Si](C)(CCl)O[Si](C)(CCl)O[Si](C)(O)CCl. The number of hydrogen-bond acceptors (Lipinski definition) is 4. The monoisotopic (exact) mass is 370 g/mol. The zero-order valence-corrected chi connectivity index (χ0v) is 16.4. The highest BCUT2D eigenvalue weighted by molar-refractivity contribution is 6.90. The van der Waals surface area contributed by atoms with Gasteiger partial charge >= 0.3 is 25.7 Å². The van der Waals surface area contributed by atoms with Gasteiger partial charge in [0.2, 0.25) is 0 Å². The van der Waals surface area contributed by atoms with Crippen LogP contribution in [0.1, 0.15) is 6.92 Å². The van der Waals surface area contributed by atoms with Gasteiger partial charge in [0, 0.05) is 6.61 Å². The predicted molar refractivity (Wildman–Crippen MR) is 83.0 cm³/mol. The summed E-state index contributed by atoms with van der Waals surface area (Å²) in [6.45, 7) is 7.67. The number of halogens is 3. The molecule has 0 amide bonds. The predicted octanol–water partition coefficient (Wildman–Crippen LogP) is 2.60. The van der Waals surface area contributed by atoms with Gasteiger partial charge < -0.3 is 17.5 Å². The molecule has 0 saturated heterocycles. The van der Waals surface area contributed by atoms with Crippen molar-refractivity contribution in [3.8, 4) is 0 Å². The lowest BCUT2D eigenvalue weighted by molar-refractivity contribution is 0.232. The number of alkyl halides is 3. The van der Waals surface area contributed by atoms with E-state index in [1.807, 2.05) is 13.5 Å². The third-order valence-electron chi connectivity index (χ3n) is 2.05. The Kier molecular flexibility index (Phi) is 8.57. The van der Waals surface area contributed by atoms with Crippen LogP contribution in [0.4, 0.5) is 0 Å². The fourth-order valence-corrected chi connectivity index (χ4v) is 13.3. The molecule has 0 aromatic rings. The lowest BCUT2D eigenvalue weighted by Gasteiger charge is -2.37. The third kappa shape index (κ3) is 6.69. The van der Waals surface area contributed by atoms with E-state index in [9.17, 15) is 4.80 Å². The van der Waals surface area contributed by atoms with Crippen LogP contribution in [0.2, 0.25) is 19.6 Å². The summed E-state index contributed by atoms with van der Waals surface area (Å²) in [5, 5.41) is 0. The summed E-state index contributed by atoms with van der Waals surface area (Å²) in [5.41, 5.74) is 0.553. The van der Waals surface area contributed by atoms with Gasteiger partial charge in [0.05, 0.1) is 16.5 Å². The second kappa shape index (κ2) is 7.96. The van der Waals surface area contributed by atoms with E-state index in [0.717, 1.165) is 0 Å². The van der Waals surface area contributed by atoms with Crippen LogP contribution in [-0.4, -0.2) is 53.6 Å². The Bertz CT molecular complexity index is 262. The lowest BCUT2D eigenvalue weighted by atomic mass is 10.9. The summed E-state index contributed by atoms with van der Waals surface area (Å²) >= 11 is 17.5. The van der Waals surface area contributed by atoms with Crippen molar-refractivity contribution < 1.29 is 17.5 Å². The van der Waals surface area contributed by atoms with Gasteiger partial charge in [0.15, 0.2) is 0 Å². The van der Waals surface area contributed by atoms with Gasteiger partial charge in [-0.05, 0) is 26.6 Å². The molecule has 10 heteroatoms. The molecule has 0 aliphatic heterocycles. The summed E-state index contributed by atoms with van der Waals surface area (Å²) < 4.78 is 17.3. The molecule has 0 bridgehead atoms. The fraction of sp³-hybridized carbons (Fsp3) is 1.00. The largest absolute Gasteiger partial charge is 0.414 e. The van der Waals surface area contributed by atoms with E-state index in [4.69, 9.17) is 47.5 Å². The molecule has 0 rings (SSSR count). The number of hydrogen-bond donors (Lipinski definition) is 1. The molecule has 0 aliphatic rings. The molecule has 0 aromatic heterocycles. The van der Waals surface area contributed by atoms with Gasteiger partial charge in [-0.3, -0.25) is 0 Å². The van der Waals surface area contributed by atoms with Crippen molar-refractivity contribution >= 4 is 60.5 Å². The Hall–Kier alpha value is 1.36. The second-order valence-corrected chi connectivity index (χ2v) is 16.5. The minimum atomic E-state index is -2.93. The van der Waals surface area contributed by atoms with Crippen molar-refractivity contribution in [2.75, 3.05) is 23.1 Å². The molecule has 3 atom stereocenters. The smallest absolute Gasteiger partial charge is 0.341 e. The topological polar surface area (TPSA) is 47.9 Å². The van der Waals surface area contributed by atoms with Crippen LogP contribution in [0.25, 0.3) is 0 Å². The zero-order valence-electron chi connectivity index (χ0n) is 11.1. The van der Waals surface area contributed by atoms with Gasteiger partial charge in [-0.1, -0.05) is 0 Å². The van der Waals surface area contributed by atoms with Gasteiger partial charge in [0.25, 0.3) is 0 Å². The maximum atomic E-state index is 10.0. The molecule has 110 valence electrons. The maximum absolute atomic E-state index is 10.0. The molecule has 0 aromatic carbocycles. The molecule has 3 unspecified atom stereocenters. The minimum Gasteiger partial charge on any atom is -0.414 e. The normalized spacial score (nSPS) is 22.0. The molecule has 0 heterocycles. The van der Waals surface area contributed by atoms with Gasteiger partial charge in [-0.25, -0.2) is 0 Å². The zero-order chi connectivity index (χ0) is 14.4. The molecular weight excluding hydrogens is 351 g/mol. The second-order valence-electron chi connectivity index (χ2n) is 4.48. The highest BCUT2D eigenvalue weighted by Gasteiger charge is 2.46. The molecule has 0 aliphatic carbocycles. The molecule has 0 saturated carbocycles. The Balaban J connectivity index is 4.84. The molecule has 0 radical (unpaired) electrons. The fourth-order valence-electron chi connectivity index (χ4n) is 1.43. The first-order valence-corrected chi connectivity index (χ1v) is 14.8. The average Bonchev–Trinajstić information content (AvgIpc) is 2.28. The maximum Gasteiger partial charge on any atom is 0.341 e. The van der Waals surface area contributed by atoms with Crippen molar-refractivity contribution in [2.45, 2.75) is 26.6 Å². The Labute approximate surface area is 127 Å². The van der Waals surface area contributed by atoms with E-state index in [1.54, 1.807) is 13.1 Å². The third-order valence-corrected chi connectivity index (χ3v) is 15.8. The summed E-state index contributed by atoms with van der Waals surface area (Å²) in [6, 6.07) is 0. The Morgan fingerprint density at radius 3 is 1.72 bits per heavy atom. The van der Waals surface area contributed by atoms with E-state index >= 15 is 0 Å². The molecule has 18 heavy (non-hydrogen) atoms. The van der Waals surface area contributed by atoms with Crippen LogP contribution in [0.5, 0.6) is 0 Å². The summed E-state index contributed by atoms with van der Waals surface area (Å²) in [6.07, 6.45) is 0. The first-order valence-electron chi connectivity index (χ1n) is 5.60. The van der Waals surface area contributed by atoms with E-state index in [2.05, 4.69) is 0 Å². The van der Waals surface area contributed by atoms with Crippen molar-refractivity contribution in [3.05, 3.63) is 0 Å². The summed E-state index contributed by atoms with van der Waals surface area (Å²) in [5.74, 6) is 0. The van der Waals surface area contributed by atoms with Crippen molar-refractivity contribution in [1.82, 2.24) is 0 Å². The lowest BCUT2D eigenvalue weighted by Crippen LogP contribution is -2.60. The van der Waals surface area contributed by atoms with E-state index in [-0.39, 0.29) is 16.5 Å². The average molecular weight is 372 g/mol. The minimum absolute atomic E-state index is 0.0730. The van der Waals surface area contributed by atoms with Gasteiger partial charge in [-0.2, -0.15) is 0 Å². The number of rotatable bonds is 9. The van der Waals surface area contributed by atoms with Crippen molar-refractivity contribution in [1.29, 1.82) is 0 Å². The van der Waals surface area contributed by atoms with Gasteiger partial charge in [0.1, 0.15) is 0 Å². The van der Waals surface area contributed by atoms with E-state index < -0.39 is 25.7 Å². The Morgan fingerprint density at radius 2 is 1.39 bits per heavy atom. The van der Waals surface area contributed by atoms with Crippen molar-refractivity contribution in [3.63, 3.8) is 0 Å². The highest BCUT2D eigenvalue weighted by Crippen LogP contribution is 2.22. The first-order chi connectivity index (χ1) is 8.16. The van der Waals surface area contributed by atoms with E-state index in [0.29, 0.717) is 6.61 Å². The molecular formula is C8H21Cl3O4Si3. The highest BCUT2D eigenvalue weighted by atomic mass is 35.5. The molecule has 1 N–H and O–H groups in total. The molecule has 4 nitrogen and oxygen atoms in total. The van der Waals surface area contributed by atoms with Crippen LogP contribution in [0.3, 0.4) is 0 Å². The van der Waals surface area contributed by atoms with Crippen LogP contribution in [0, 0.1) is 0 Å². The van der Waals surface area contributed by atoms with Crippen LogP contribution >= 0.6 is 34.8 Å². The standard InChI is InChI=1S/C8H21Cl3O4Si3/c1-5-13-17(3,7-10)15-18(4,8-11)14-16(2,12)6-9/h12H,5-8H2,1-4H3. The molecule has 0 fully saturated rings. The Morgan fingerprint density at radius 1 is 0.889 bits per heavy atom. The summed E-state index contributed by atoms with van der Waals surface area (Å²) in [4.78, 5) is 10.0. The van der Waals surface area contributed by atoms with Crippen molar-refractivity contribution in [2.24, 2.45) is 0 Å². The quantitative estimate of drug-likeness (QED) is 0.500. The first kappa shape index (κ1) is 19.4. The van der Waals surface area contributed by atoms with Crippen LogP contribution in [0.15, 0.2) is 0 Å². The van der Waals surface area contributed by atoms with Crippen LogP contribution < -0.4 is 0 Å². The summed E-state index contributed by atoms with van der Waals surface area (Å²) in [7, 11) is -8.16. The van der Waals surface area contributed by atoms with E-state index in [1.165, 1.54) is 0 Å². The molecule has 0 spiro atoms. The van der Waals surface area contributed by atoms with Gasteiger partial charge in [-0.15, -0.1) is 34.8 Å². The van der Waals surface area contributed by atoms with Crippen LogP contribution in [-0.2, 0) is 12.7 Å².